The number of halogens is 2. The molecule has 0 aliphatic heterocycles. The minimum atomic E-state index is -0.507. The molecule has 4 rings (SSSR count). The maximum absolute atomic E-state index is 13.9. The highest BCUT2D eigenvalue weighted by Gasteiger charge is 2.16. The highest BCUT2D eigenvalue weighted by atomic mass is 32.1. The number of hydrogen-bond donors (Lipinski definition) is 1. The summed E-state index contributed by atoms with van der Waals surface area (Å²) in [5.41, 5.74) is 2.37. The van der Waals surface area contributed by atoms with Crippen molar-refractivity contribution in [1.82, 2.24) is 9.88 Å². The monoisotopic (exact) mass is 523 g/mol. The lowest BCUT2D eigenvalue weighted by atomic mass is 10.1. The van der Waals surface area contributed by atoms with Gasteiger partial charge in [0.15, 0.2) is 11.5 Å². The number of amides is 1. The van der Waals surface area contributed by atoms with E-state index in [4.69, 9.17) is 9.47 Å². The zero-order valence-corrected chi connectivity index (χ0v) is 21.4. The number of nitrogens with one attached hydrogen (secondary N) is 1. The number of ether oxygens (including phenoxy) is 2. The maximum Gasteiger partial charge on any atom is 0.275 e. The van der Waals surface area contributed by atoms with Gasteiger partial charge in [-0.2, -0.15) is 0 Å². The number of anilines is 1. The SMILES string of the molecule is COc1ccc(CCN(Cc2ccc(F)cc2)Cc2nc(C(=O)Nc3ccccc3F)cs2)cc1OC. The second-order valence-electron chi connectivity index (χ2n) is 8.34. The average Bonchev–Trinajstić information content (AvgIpc) is 3.38. The van der Waals surface area contributed by atoms with Crippen molar-refractivity contribution in [2.45, 2.75) is 19.5 Å². The number of hydrogen-bond acceptors (Lipinski definition) is 6. The van der Waals surface area contributed by atoms with Gasteiger partial charge in [-0.25, -0.2) is 13.8 Å². The van der Waals surface area contributed by atoms with Crippen LogP contribution < -0.4 is 14.8 Å². The van der Waals surface area contributed by atoms with Gasteiger partial charge in [-0.3, -0.25) is 9.69 Å². The fourth-order valence-electron chi connectivity index (χ4n) is 3.81. The van der Waals surface area contributed by atoms with Gasteiger partial charge in [-0.1, -0.05) is 30.3 Å². The lowest BCUT2D eigenvalue weighted by molar-refractivity contribution is 0.102. The Labute approximate surface area is 218 Å². The zero-order valence-electron chi connectivity index (χ0n) is 20.5. The first-order valence-corrected chi connectivity index (χ1v) is 12.5. The van der Waals surface area contributed by atoms with Crippen molar-refractivity contribution in [2.75, 3.05) is 26.1 Å². The molecule has 192 valence electrons. The number of nitrogens with zero attached hydrogens (tertiary/aromatic N) is 2. The lowest BCUT2D eigenvalue weighted by Crippen LogP contribution is -2.25. The molecule has 9 heteroatoms. The number of thiazole rings is 1. The van der Waals surface area contributed by atoms with Gasteiger partial charge in [0.05, 0.1) is 26.5 Å². The van der Waals surface area contributed by atoms with Crippen molar-refractivity contribution < 1.29 is 23.0 Å². The third-order valence-electron chi connectivity index (χ3n) is 5.75. The van der Waals surface area contributed by atoms with Crippen molar-refractivity contribution >= 4 is 22.9 Å². The molecule has 0 atom stereocenters. The molecular formula is C28H27F2N3O3S. The summed E-state index contributed by atoms with van der Waals surface area (Å²) in [4.78, 5) is 19.3. The number of carbonyl (C=O) groups excluding carboxylic acids is 1. The molecule has 37 heavy (non-hydrogen) atoms. The van der Waals surface area contributed by atoms with Gasteiger partial charge in [0.25, 0.3) is 5.91 Å². The van der Waals surface area contributed by atoms with E-state index in [0.717, 1.165) is 22.6 Å². The molecule has 0 radical (unpaired) electrons. The summed E-state index contributed by atoms with van der Waals surface area (Å²) >= 11 is 1.36. The van der Waals surface area contributed by atoms with Crippen LogP contribution in [-0.4, -0.2) is 36.6 Å². The molecule has 0 bridgehead atoms. The van der Waals surface area contributed by atoms with E-state index in [-0.39, 0.29) is 17.2 Å². The van der Waals surface area contributed by atoms with Crippen LogP contribution >= 0.6 is 11.3 Å². The Hall–Kier alpha value is -3.82. The van der Waals surface area contributed by atoms with E-state index in [1.807, 2.05) is 18.2 Å². The van der Waals surface area contributed by atoms with Gasteiger partial charge in [0.2, 0.25) is 0 Å². The number of aromatic nitrogens is 1. The number of carbonyl (C=O) groups is 1. The van der Waals surface area contributed by atoms with E-state index < -0.39 is 11.7 Å². The summed E-state index contributed by atoms with van der Waals surface area (Å²) in [7, 11) is 3.20. The van der Waals surface area contributed by atoms with E-state index in [9.17, 15) is 13.6 Å². The first kappa shape index (κ1) is 26.2. The van der Waals surface area contributed by atoms with E-state index in [0.29, 0.717) is 31.1 Å². The first-order valence-electron chi connectivity index (χ1n) is 11.6. The van der Waals surface area contributed by atoms with Crippen LogP contribution in [-0.2, 0) is 19.5 Å². The van der Waals surface area contributed by atoms with Gasteiger partial charge >= 0.3 is 0 Å². The number of benzene rings is 3. The number of methoxy groups -OCH3 is 2. The molecule has 1 aromatic heterocycles. The molecular weight excluding hydrogens is 496 g/mol. The van der Waals surface area contributed by atoms with Crippen LogP contribution in [0.3, 0.4) is 0 Å². The van der Waals surface area contributed by atoms with Crippen LogP contribution in [0.2, 0.25) is 0 Å². The summed E-state index contributed by atoms with van der Waals surface area (Å²) in [6.07, 6.45) is 0.730. The van der Waals surface area contributed by atoms with Crippen molar-refractivity contribution in [3.05, 3.63) is 106 Å². The second-order valence-corrected chi connectivity index (χ2v) is 9.28. The third-order valence-corrected chi connectivity index (χ3v) is 6.58. The quantitative estimate of drug-likeness (QED) is 0.264. The molecule has 0 aliphatic rings. The van der Waals surface area contributed by atoms with Crippen LogP contribution in [0.25, 0.3) is 0 Å². The van der Waals surface area contributed by atoms with Crippen LogP contribution in [0, 0.1) is 11.6 Å². The first-order chi connectivity index (χ1) is 17.9. The van der Waals surface area contributed by atoms with Gasteiger partial charge in [-0.15, -0.1) is 11.3 Å². The molecule has 1 heterocycles. The van der Waals surface area contributed by atoms with Gasteiger partial charge in [0, 0.05) is 18.5 Å². The minimum Gasteiger partial charge on any atom is -0.493 e. The summed E-state index contributed by atoms with van der Waals surface area (Å²) in [5.74, 6) is 0.0647. The lowest BCUT2D eigenvalue weighted by Gasteiger charge is -2.22. The summed E-state index contributed by atoms with van der Waals surface area (Å²) in [6, 6.07) is 18.2. The van der Waals surface area contributed by atoms with Crippen LogP contribution in [0.15, 0.2) is 72.1 Å². The number of rotatable bonds is 11. The predicted octanol–water partition coefficient (Wildman–Crippen LogP) is 5.94. The van der Waals surface area contributed by atoms with Gasteiger partial charge in [0.1, 0.15) is 22.3 Å². The highest BCUT2D eigenvalue weighted by molar-refractivity contribution is 7.09. The Morgan fingerprint density at radius 2 is 1.68 bits per heavy atom. The molecule has 3 aromatic carbocycles. The fourth-order valence-corrected chi connectivity index (χ4v) is 4.63. The van der Waals surface area contributed by atoms with E-state index in [2.05, 4.69) is 15.2 Å². The fraction of sp³-hybridized carbons (Fsp3) is 0.214. The predicted molar refractivity (Wildman–Crippen MR) is 140 cm³/mol. The normalized spacial score (nSPS) is 10.9. The van der Waals surface area contributed by atoms with Crippen LogP contribution in [0.1, 0.15) is 26.6 Å². The Morgan fingerprint density at radius 1 is 0.946 bits per heavy atom. The molecule has 0 saturated heterocycles. The van der Waals surface area contributed by atoms with Crippen molar-refractivity contribution in [3.8, 4) is 11.5 Å². The summed E-state index contributed by atoms with van der Waals surface area (Å²) in [5, 5.41) is 4.97. The third kappa shape index (κ3) is 7.12. The Kier molecular flexibility index (Phi) is 8.81. The molecule has 6 nitrogen and oxygen atoms in total. The molecule has 0 saturated carbocycles. The van der Waals surface area contributed by atoms with Crippen LogP contribution in [0.4, 0.5) is 14.5 Å². The van der Waals surface area contributed by atoms with E-state index in [1.165, 1.54) is 35.6 Å². The molecule has 0 aliphatic carbocycles. The molecule has 1 N–H and O–H groups in total. The van der Waals surface area contributed by atoms with Crippen molar-refractivity contribution in [3.63, 3.8) is 0 Å². The molecule has 0 unspecified atom stereocenters. The topological polar surface area (TPSA) is 63.7 Å². The van der Waals surface area contributed by atoms with E-state index >= 15 is 0 Å². The highest BCUT2D eigenvalue weighted by Crippen LogP contribution is 2.28. The molecule has 4 aromatic rings. The van der Waals surface area contributed by atoms with Gasteiger partial charge < -0.3 is 14.8 Å². The molecule has 0 spiro atoms. The maximum atomic E-state index is 13.9. The largest absolute Gasteiger partial charge is 0.493 e. The van der Waals surface area contributed by atoms with E-state index in [1.54, 1.807) is 43.9 Å². The van der Waals surface area contributed by atoms with Crippen LogP contribution in [0.5, 0.6) is 11.5 Å². The Morgan fingerprint density at radius 3 is 2.41 bits per heavy atom. The zero-order chi connectivity index (χ0) is 26.2. The smallest absolute Gasteiger partial charge is 0.275 e. The Bertz CT molecular complexity index is 1340. The Balaban J connectivity index is 1.47. The number of para-hydroxylation sites is 1. The van der Waals surface area contributed by atoms with Crippen molar-refractivity contribution in [1.29, 1.82) is 0 Å². The average molecular weight is 524 g/mol. The summed E-state index contributed by atoms with van der Waals surface area (Å²) < 4.78 is 38.1. The molecule has 1 amide bonds. The van der Waals surface area contributed by atoms with Gasteiger partial charge in [-0.05, 0) is 53.9 Å². The molecule has 0 fully saturated rings. The second kappa shape index (κ2) is 12.4. The standard InChI is InChI=1S/C28H27F2N3O3S/c1-35-25-12-9-19(15-26(25)36-2)13-14-33(16-20-7-10-21(29)11-8-20)17-27-31-24(18-37-27)28(34)32-23-6-4-3-5-22(23)30/h3-12,15,18H,13-14,16-17H2,1-2H3,(H,32,34). The summed E-state index contributed by atoms with van der Waals surface area (Å²) in [6.45, 7) is 1.75. The van der Waals surface area contributed by atoms with Crippen molar-refractivity contribution in [2.24, 2.45) is 0 Å². The minimum absolute atomic E-state index is 0.106.